The first-order valence-electron chi connectivity index (χ1n) is 37.0. The molecule has 0 N–H and O–H groups in total. The van der Waals surface area contributed by atoms with Crippen LogP contribution < -0.4 is 18.9 Å². The molecule has 8 rings (SSSR count). The van der Waals surface area contributed by atoms with Crippen molar-refractivity contribution in [2.75, 3.05) is 79.3 Å². The molecule has 0 amide bonds. The average molecular weight is 1470 g/mol. The Morgan fingerprint density at radius 3 is 0.618 bits per heavy atom. The van der Waals surface area contributed by atoms with Gasteiger partial charge in [0, 0.05) is 71.6 Å². The van der Waals surface area contributed by atoms with Gasteiger partial charge in [0.1, 0.15) is 23.0 Å². The molecule has 0 radical (unpaired) electrons. The largest absolute Gasteiger partial charge is 0.494 e. The molecular weight excluding hydrogens is 1360 g/mol. The molecule has 0 atom stereocenters. The average Bonchev–Trinajstić information content (AvgIpc) is 0.872. The molecule has 0 unspecified atom stereocenters. The third-order valence-electron chi connectivity index (χ3n) is 17.4. The zero-order chi connectivity index (χ0) is 73.9. The van der Waals surface area contributed by atoms with Gasteiger partial charge in [0.2, 0.25) is 0 Å². The van der Waals surface area contributed by atoms with Crippen LogP contribution in [0.1, 0.15) is 242 Å². The van der Waals surface area contributed by atoms with Gasteiger partial charge in [-0.3, -0.25) is 0 Å². The van der Waals surface area contributed by atoms with Crippen molar-refractivity contribution in [1.82, 2.24) is 0 Å². The smallest absolute Gasteiger partial charge is 0.389 e. The molecule has 4 aromatic carbocycles. The van der Waals surface area contributed by atoms with Crippen molar-refractivity contribution >= 4 is 0 Å². The lowest BCUT2D eigenvalue weighted by molar-refractivity contribution is -0.211. The molecule has 102 heavy (non-hydrogen) atoms. The summed E-state index contributed by atoms with van der Waals surface area (Å²) in [5, 5.41) is 0. The summed E-state index contributed by atoms with van der Waals surface area (Å²) < 4.78 is 214. The van der Waals surface area contributed by atoms with Crippen LogP contribution in [-0.4, -0.2) is 104 Å². The maximum absolute atomic E-state index is 12.3. The number of hydrogen-bond acceptors (Lipinski definition) is 12. The van der Waals surface area contributed by atoms with Crippen molar-refractivity contribution in [3.63, 3.8) is 0 Å². The fraction of sp³-hybridized carbons (Fsp3) is 0.692. The number of alkyl halides is 12. The maximum atomic E-state index is 12.3. The van der Waals surface area contributed by atoms with E-state index in [4.69, 9.17) is 56.8 Å². The van der Waals surface area contributed by atoms with Crippen LogP contribution in [0.25, 0.3) is 0 Å². The maximum Gasteiger partial charge on any atom is 0.389 e. The summed E-state index contributed by atoms with van der Waals surface area (Å²) in [6.07, 6.45) is -0.203. The molecule has 0 aliphatic carbocycles. The van der Waals surface area contributed by atoms with Gasteiger partial charge in [-0.2, -0.15) is 52.7 Å². The first-order valence-corrected chi connectivity index (χ1v) is 37.0. The van der Waals surface area contributed by atoms with E-state index >= 15 is 0 Å². The fourth-order valence-electron chi connectivity index (χ4n) is 11.2. The van der Waals surface area contributed by atoms with Gasteiger partial charge in [-0.1, -0.05) is 166 Å². The Hall–Kier alpha value is -5.08. The minimum atomic E-state index is -4.12. The molecule has 4 aliphatic rings. The van der Waals surface area contributed by atoms with E-state index in [1.165, 1.54) is 77.0 Å². The molecule has 0 spiro atoms. The summed E-state index contributed by atoms with van der Waals surface area (Å²) >= 11 is 0. The predicted molar refractivity (Wildman–Crippen MR) is 367 cm³/mol. The topological polar surface area (TPSA) is 111 Å². The number of halogens is 12. The predicted octanol–water partition coefficient (Wildman–Crippen LogP) is 23.4. The minimum absolute atomic E-state index is 0.0424. The van der Waals surface area contributed by atoms with Crippen molar-refractivity contribution in [3.8, 4) is 23.0 Å². The standard InChI is InChI=1S/C21H31F3O3.C20H29F3O3.C19H27F3O3.C18H25F3O3/c1-2-3-4-5-6-7-14-25-19-10-8-18(9-11-19)20-26-15-17(16-27-20)12-13-21(22,23)24;1-2-3-4-5-6-13-24-18-9-7-17(8-10-18)19-25-14-16(15-26-19)11-12-20(21,22)23;1-2-3-4-5-12-23-17-8-6-16(7-9-17)18-24-13-15(14-25-18)10-11-19(20,21)22;1-2-3-4-11-22-16-7-5-15(6-8-16)17-23-12-14(13-24-17)9-10-18(19,20)21/h8-11,17,20H,2-7,12-16H2,1H3;7-10,16,19H,2-6,11-15H2,1H3;6-9,15,18H,2-5,10-14H2,1H3;5-8,14,17H,2-4,9-13H2,1H3/t17-,20-;16-,19-;15-,18-;14-,17-. The molecule has 4 aliphatic heterocycles. The van der Waals surface area contributed by atoms with Gasteiger partial charge in [0.25, 0.3) is 0 Å². The van der Waals surface area contributed by atoms with Crippen molar-refractivity contribution in [1.29, 1.82) is 0 Å². The zero-order valence-corrected chi connectivity index (χ0v) is 60.2. The molecule has 4 saturated heterocycles. The lowest BCUT2D eigenvalue weighted by Crippen LogP contribution is -2.28. The molecule has 4 aromatic rings. The van der Waals surface area contributed by atoms with Crippen LogP contribution in [0, 0.1) is 23.7 Å². The van der Waals surface area contributed by atoms with Gasteiger partial charge >= 0.3 is 24.7 Å². The quantitative estimate of drug-likeness (QED) is 0.0315. The third-order valence-corrected chi connectivity index (χ3v) is 17.4. The van der Waals surface area contributed by atoms with Gasteiger partial charge in [0.05, 0.1) is 79.3 Å². The van der Waals surface area contributed by atoms with Gasteiger partial charge in [0.15, 0.2) is 25.2 Å². The SMILES string of the molecule is CCCCCCCCOc1ccc([C@H]2OC[C@H](CCC(F)(F)F)CO2)cc1.CCCCCCCOc1ccc([C@H]2OC[C@H](CCC(F)(F)F)CO2)cc1.CCCCCCOc1ccc([C@H]2OC[C@H](CCC(F)(F)F)CO2)cc1.CCCCCOc1ccc([C@H]2OC[C@H](CCC(F)(F)F)CO2)cc1. The van der Waals surface area contributed by atoms with E-state index < -0.39 is 75.5 Å². The van der Waals surface area contributed by atoms with E-state index in [0.717, 1.165) is 83.8 Å². The summed E-state index contributed by atoms with van der Waals surface area (Å²) in [6.45, 7) is 13.9. The van der Waals surface area contributed by atoms with Crippen LogP contribution in [0.5, 0.6) is 23.0 Å². The highest BCUT2D eigenvalue weighted by atomic mass is 19.4. The summed E-state index contributed by atoms with van der Waals surface area (Å²) in [6, 6.07) is 30.0. The van der Waals surface area contributed by atoms with E-state index in [1.54, 1.807) is 0 Å². The highest BCUT2D eigenvalue weighted by molar-refractivity contribution is 5.31. The molecule has 0 bridgehead atoms. The highest BCUT2D eigenvalue weighted by Crippen LogP contribution is 2.36. The summed E-state index contributed by atoms with van der Waals surface area (Å²) in [7, 11) is 0. The fourth-order valence-corrected chi connectivity index (χ4v) is 11.2. The summed E-state index contributed by atoms with van der Waals surface area (Å²) in [5.74, 6) is 2.40. The second-order valence-electron chi connectivity index (χ2n) is 26.7. The Morgan fingerprint density at radius 1 is 0.255 bits per heavy atom. The van der Waals surface area contributed by atoms with Crippen molar-refractivity contribution in [2.45, 2.75) is 245 Å². The Morgan fingerprint density at radius 2 is 0.422 bits per heavy atom. The Kier molecular flexibility index (Phi) is 42.0. The lowest BCUT2D eigenvalue weighted by atomic mass is 10.0. The Labute approximate surface area is 597 Å². The van der Waals surface area contributed by atoms with Crippen LogP contribution in [-0.2, 0) is 37.9 Å². The van der Waals surface area contributed by atoms with E-state index in [2.05, 4.69) is 27.7 Å². The molecular formula is C78H112F12O12. The van der Waals surface area contributed by atoms with Gasteiger partial charge in [-0.15, -0.1) is 0 Å². The number of hydrogen-bond donors (Lipinski definition) is 0. The first-order chi connectivity index (χ1) is 48.9. The van der Waals surface area contributed by atoms with Crippen molar-refractivity contribution in [2.24, 2.45) is 23.7 Å². The number of benzene rings is 4. The number of rotatable bonds is 38. The van der Waals surface area contributed by atoms with Crippen molar-refractivity contribution < 1.29 is 110 Å². The van der Waals surface area contributed by atoms with Gasteiger partial charge in [-0.05, 0) is 99.9 Å². The Bertz CT molecular complexity index is 2690. The molecule has 0 aromatic heterocycles. The second kappa shape index (κ2) is 48.9. The zero-order valence-electron chi connectivity index (χ0n) is 60.2. The third kappa shape index (κ3) is 39.9. The van der Waals surface area contributed by atoms with E-state index in [1.807, 2.05) is 97.1 Å². The highest BCUT2D eigenvalue weighted by Gasteiger charge is 2.35. The normalized spacial score (nSPS) is 21.1. The van der Waals surface area contributed by atoms with Crippen LogP contribution in [0.15, 0.2) is 97.1 Å². The molecule has 24 heteroatoms. The van der Waals surface area contributed by atoms with E-state index in [0.29, 0.717) is 26.4 Å². The summed E-state index contributed by atoms with van der Waals surface area (Å²) in [4.78, 5) is 0. The monoisotopic (exact) mass is 1470 g/mol. The van der Waals surface area contributed by atoms with Crippen LogP contribution in [0.2, 0.25) is 0 Å². The number of ether oxygens (including phenoxy) is 12. The van der Waals surface area contributed by atoms with Crippen LogP contribution >= 0.6 is 0 Å². The molecule has 4 heterocycles. The van der Waals surface area contributed by atoms with Gasteiger partial charge < -0.3 is 56.8 Å². The van der Waals surface area contributed by atoms with Crippen molar-refractivity contribution in [3.05, 3.63) is 119 Å². The Balaban J connectivity index is 0.000000245. The van der Waals surface area contributed by atoms with Crippen LogP contribution in [0.4, 0.5) is 52.7 Å². The lowest BCUT2D eigenvalue weighted by Gasteiger charge is -2.29. The minimum Gasteiger partial charge on any atom is -0.494 e. The first kappa shape index (κ1) is 87.6. The van der Waals surface area contributed by atoms with Crippen LogP contribution in [0.3, 0.4) is 0 Å². The molecule has 0 saturated carbocycles. The summed E-state index contributed by atoms with van der Waals surface area (Å²) in [5.41, 5.74) is 3.42. The van der Waals surface area contributed by atoms with E-state index in [-0.39, 0.29) is 102 Å². The molecule has 580 valence electrons. The second-order valence-corrected chi connectivity index (χ2v) is 26.7. The van der Waals surface area contributed by atoms with Gasteiger partial charge in [-0.25, -0.2) is 0 Å². The number of unbranched alkanes of at least 4 members (excludes halogenated alkanes) is 14. The molecule has 12 nitrogen and oxygen atoms in total. The molecule has 4 fully saturated rings. The van der Waals surface area contributed by atoms with E-state index in [9.17, 15) is 52.7 Å².